The summed E-state index contributed by atoms with van der Waals surface area (Å²) in [7, 11) is -4.21. The summed E-state index contributed by atoms with van der Waals surface area (Å²) in [6, 6.07) is 9.74. The van der Waals surface area contributed by atoms with Crippen LogP contribution in [0.3, 0.4) is 0 Å². The third kappa shape index (κ3) is 12.2. The van der Waals surface area contributed by atoms with Gasteiger partial charge in [0, 0.05) is 0 Å². The SMILES string of the molecule is CCCCCCCCCCCc1ccc2cc(S(=O)(=O)O)cc(CCCCCCCCCCC)c2c1. The number of aryl methyl sites for hydroxylation is 2. The molecule has 0 aliphatic heterocycles. The van der Waals surface area contributed by atoms with E-state index in [9.17, 15) is 13.0 Å². The summed E-state index contributed by atoms with van der Waals surface area (Å²) in [5, 5.41) is 2.06. The number of hydrogen-bond donors (Lipinski definition) is 1. The molecule has 3 nitrogen and oxygen atoms in total. The molecule has 2 aromatic rings. The van der Waals surface area contributed by atoms with Gasteiger partial charge in [0.25, 0.3) is 10.1 Å². The number of unbranched alkanes of at least 4 members (excludes halogenated alkanes) is 16. The molecule has 0 aliphatic carbocycles. The molecule has 1 N–H and O–H groups in total. The first kappa shape index (κ1) is 30.8. The van der Waals surface area contributed by atoms with Gasteiger partial charge >= 0.3 is 0 Å². The van der Waals surface area contributed by atoms with Gasteiger partial charge in [0.1, 0.15) is 0 Å². The minimum absolute atomic E-state index is 0.0209. The fraction of sp³-hybridized carbons (Fsp3) is 0.688. The predicted molar refractivity (Wildman–Crippen MR) is 156 cm³/mol. The Kier molecular flexibility index (Phi) is 15.4. The summed E-state index contributed by atoms with van der Waals surface area (Å²) in [4.78, 5) is 0.0209. The van der Waals surface area contributed by atoms with Crippen molar-refractivity contribution in [3.63, 3.8) is 0 Å². The Morgan fingerprint density at radius 3 is 1.56 bits per heavy atom. The minimum atomic E-state index is -4.21. The highest BCUT2D eigenvalue weighted by Crippen LogP contribution is 2.27. The predicted octanol–water partition coefficient (Wildman–Crippen LogP) is 10.2. The van der Waals surface area contributed by atoms with Crippen LogP contribution in [-0.4, -0.2) is 13.0 Å². The molecule has 0 fully saturated rings. The molecule has 0 spiro atoms. The molecule has 2 rings (SSSR count). The van der Waals surface area contributed by atoms with Crippen LogP contribution < -0.4 is 0 Å². The van der Waals surface area contributed by atoms with E-state index in [2.05, 4.69) is 26.0 Å². The van der Waals surface area contributed by atoms with Crippen LogP contribution in [0, 0.1) is 0 Å². The lowest BCUT2D eigenvalue weighted by Gasteiger charge is -2.12. The van der Waals surface area contributed by atoms with E-state index >= 15 is 0 Å². The van der Waals surface area contributed by atoms with E-state index in [4.69, 9.17) is 0 Å². The van der Waals surface area contributed by atoms with Crippen molar-refractivity contribution >= 4 is 20.9 Å². The zero-order valence-corrected chi connectivity index (χ0v) is 24.0. The van der Waals surface area contributed by atoms with Crippen molar-refractivity contribution in [3.05, 3.63) is 41.5 Å². The molecule has 0 saturated heterocycles. The Hall–Kier alpha value is -1.39. The van der Waals surface area contributed by atoms with Gasteiger partial charge in [-0.25, -0.2) is 0 Å². The third-order valence-corrected chi connectivity index (χ3v) is 8.33. The first-order valence-corrected chi connectivity index (χ1v) is 16.4. The maximum atomic E-state index is 11.9. The molecule has 204 valence electrons. The first-order valence-electron chi connectivity index (χ1n) is 15.0. The summed E-state index contributed by atoms with van der Waals surface area (Å²) in [6.07, 6.45) is 25.3. The molecule has 0 radical (unpaired) electrons. The largest absolute Gasteiger partial charge is 0.294 e. The van der Waals surface area contributed by atoms with Crippen LogP contribution in [0.5, 0.6) is 0 Å². The molecule has 0 atom stereocenters. The lowest BCUT2D eigenvalue weighted by atomic mass is 9.96. The first-order chi connectivity index (χ1) is 17.5. The molecular formula is C32H52O3S. The van der Waals surface area contributed by atoms with Crippen LogP contribution in [-0.2, 0) is 23.0 Å². The van der Waals surface area contributed by atoms with E-state index in [1.807, 2.05) is 6.07 Å². The number of hydrogen-bond acceptors (Lipinski definition) is 2. The highest BCUT2D eigenvalue weighted by atomic mass is 32.2. The van der Waals surface area contributed by atoms with Crippen LogP contribution in [0.15, 0.2) is 35.2 Å². The highest BCUT2D eigenvalue weighted by molar-refractivity contribution is 7.85. The highest BCUT2D eigenvalue weighted by Gasteiger charge is 2.14. The Morgan fingerprint density at radius 2 is 1.06 bits per heavy atom. The van der Waals surface area contributed by atoms with Crippen LogP contribution in [0.1, 0.15) is 141 Å². The molecule has 0 aromatic heterocycles. The fourth-order valence-electron chi connectivity index (χ4n) is 5.23. The molecule has 0 unspecified atom stereocenters. The summed E-state index contributed by atoms with van der Waals surface area (Å²) < 4.78 is 33.4. The summed E-state index contributed by atoms with van der Waals surface area (Å²) in [5.74, 6) is 0. The van der Waals surface area contributed by atoms with Gasteiger partial charge in [0.2, 0.25) is 0 Å². The second-order valence-corrected chi connectivity index (χ2v) is 12.2. The van der Waals surface area contributed by atoms with E-state index in [1.165, 1.54) is 115 Å². The molecule has 0 bridgehead atoms. The molecule has 0 heterocycles. The van der Waals surface area contributed by atoms with Crippen molar-refractivity contribution in [1.29, 1.82) is 0 Å². The maximum Gasteiger partial charge on any atom is 0.294 e. The smallest absolute Gasteiger partial charge is 0.282 e. The van der Waals surface area contributed by atoms with Crippen molar-refractivity contribution in [3.8, 4) is 0 Å². The van der Waals surface area contributed by atoms with Crippen molar-refractivity contribution < 1.29 is 13.0 Å². The Bertz CT molecular complexity index is 965. The quantitative estimate of drug-likeness (QED) is 0.133. The van der Waals surface area contributed by atoms with Gasteiger partial charge in [-0.3, -0.25) is 4.55 Å². The zero-order valence-electron chi connectivity index (χ0n) is 23.2. The van der Waals surface area contributed by atoms with E-state index in [0.29, 0.717) is 0 Å². The Labute approximate surface area is 222 Å². The Balaban J connectivity index is 1.89. The van der Waals surface area contributed by atoms with Crippen molar-refractivity contribution in [2.45, 2.75) is 147 Å². The number of rotatable bonds is 21. The normalized spacial score (nSPS) is 12.0. The average Bonchev–Trinajstić information content (AvgIpc) is 2.86. The molecule has 4 heteroatoms. The second-order valence-electron chi connectivity index (χ2n) is 10.8. The molecular weight excluding hydrogens is 464 g/mol. The topological polar surface area (TPSA) is 54.4 Å². The van der Waals surface area contributed by atoms with E-state index < -0.39 is 10.1 Å². The van der Waals surface area contributed by atoms with Gasteiger partial charge in [0.15, 0.2) is 0 Å². The summed E-state index contributed by atoms with van der Waals surface area (Å²) >= 11 is 0. The summed E-state index contributed by atoms with van der Waals surface area (Å²) in [6.45, 7) is 4.52. The molecule has 36 heavy (non-hydrogen) atoms. The number of benzene rings is 2. The van der Waals surface area contributed by atoms with Gasteiger partial charge in [-0.2, -0.15) is 8.42 Å². The van der Waals surface area contributed by atoms with Gasteiger partial charge in [-0.1, -0.05) is 135 Å². The van der Waals surface area contributed by atoms with Gasteiger partial charge < -0.3 is 0 Å². The fourth-order valence-corrected chi connectivity index (χ4v) is 5.80. The second kappa shape index (κ2) is 18.0. The van der Waals surface area contributed by atoms with E-state index in [0.717, 1.165) is 35.6 Å². The zero-order chi connectivity index (χ0) is 26.1. The van der Waals surface area contributed by atoms with Crippen molar-refractivity contribution in [2.24, 2.45) is 0 Å². The summed E-state index contributed by atoms with van der Waals surface area (Å²) in [5.41, 5.74) is 2.38. The van der Waals surface area contributed by atoms with Crippen LogP contribution in [0.2, 0.25) is 0 Å². The van der Waals surface area contributed by atoms with E-state index in [1.54, 1.807) is 12.1 Å². The standard InChI is InChI=1S/C32H52O3S/c1-3-5-7-9-11-13-15-17-19-21-28-23-24-30-27-31(36(33,34)35)26-29(32(30)25-28)22-20-18-16-14-12-10-8-6-4-2/h23-27H,3-22H2,1-2H3,(H,33,34,35). The van der Waals surface area contributed by atoms with Crippen LogP contribution in [0.25, 0.3) is 10.8 Å². The van der Waals surface area contributed by atoms with Crippen molar-refractivity contribution in [2.75, 3.05) is 0 Å². The van der Waals surface area contributed by atoms with Gasteiger partial charge in [-0.05, 0) is 59.7 Å². The molecule has 2 aromatic carbocycles. The minimum Gasteiger partial charge on any atom is -0.282 e. The average molecular weight is 517 g/mol. The molecule has 0 saturated carbocycles. The molecule has 0 aliphatic rings. The van der Waals surface area contributed by atoms with Crippen molar-refractivity contribution in [1.82, 2.24) is 0 Å². The Morgan fingerprint density at radius 1 is 0.583 bits per heavy atom. The van der Waals surface area contributed by atoms with Gasteiger partial charge in [0.05, 0.1) is 4.90 Å². The van der Waals surface area contributed by atoms with E-state index in [-0.39, 0.29) is 4.90 Å². The van der Waals surface area contributed by atoms with Crippen LogP contribution in [0.4, 0.5) is 0 Å². The maximum absolute atomic E-state index is 11.9. The lowest BCUT2D eigenvalue weighted by Crippen LogP contribution is -2.01. The molecule has 0 amide bonds. The van der Waals surface area contributed by atoms with Crippen LogP contribution >= 0.6 is 0 Å². The van der Waals surface area contributed by atoms with Gasteiger partial charge in [-0.15, -0.1) is 0 Å². The third-order valence-electron chi connectivity index (χ3n) is 7.49. The lowest BCUT2D eigenvalue weighted by molar-refractivity contribution is 0.483. The monoisotopic (exact) mass is 516 g/mol. The number of fused-ring (bicyclic) bond motifs is 1.